The number of ether oxygens (including phenoxy) is 1. The molecular weight excluding hydrogens is 350 g/mol. The number of hydrogen-bond donors (Lipinski definition) is 0. The molecule has 1 aromatic rings. The lowest BCUT2D eigenvalue weighted by atomic mass is 10.1. The van der Waals surface area contributed by atoms with Gasteiger partial charge >= 0.3 is 6.09 Å². The van der Waals surface area contributed by atoms with Crippen LogP contribution in [0.5, 0.6) is 0 Å². The average molecular weight is 388 g/mol. The van der Waals surface area contributed by atoms with Crippen molar-refractivity contribution in [3.63, 3.8) is 0 Å². The lowest BCUT2D eigenvalue weighted by Gasteiger charge is -2.31. The van der Waals surface area contributed by atoms with Gasteiger partial charge < -0.3 is 4.74 Å². The smallest absolute Gasteiger partial charge is 0.416 e. The second-order valence-corrected chi connectivity index (χ2v) is 9.29. The van der Waals surface area contributed by atoms with Crippen molar-refractivity contribution in [3.8, 4) is 0 Å². The molecule has 2 fully saturated rings. The van der Waals surface area contributed by atoms with Gasteiger partial charge in [-0.1, -0.05) is 32.3 Å². The van der Waals surface area contributed by atoms with Crippen molar-refractivity contribution in [1.82, 2.24) is 9.88 Å². The summed E-state index contributed by atoms with van der Waals surface area (Å²) in [5.74, 6) is 0.725. The van der Waals surface area contributed by atoms with Crippen LogP contribution >= 0.6 is 0 Å². The molecule has 1 aliphatic heterocycles. The first kappa shape index (κ1) is 21.1. The molecule has 2 aliphatic rings. The molecule has 1 aromatic heterocycles. The molecule has 0 N–H and O–H groups in total. The Morgan fingerprint density at radius 3 is 2.57 bits per heavy atom. The SMILES string of the molecule is CCCCN1CCC[C@@H]1c1ccc(N(C(=O)OC(C)(C)C)C2CCCC2)nc1. The molecule has 5 heteroatoms. The van der Waals surface area contributed by atoms with Gasteiger partial charge in [-0.2, -0.15) is 0 Å². The molecule has 1 saturated heterocycles. The molecule has 0 bridgehead atoms. The van der Waals surface area contributed by atoms with Gasteiger partial charge in [0.05, 0.1) is 0 Å². The Morgan fingerprint density at radius 1 is 1.21 bits per heavy atom. The fraction of sp³-hybridized carbons (Fsp3) is 0.739. The van der Waals surface area contributed by atoms with Crippen LogP contribution in [0.1, 0.15) is 90.7 Å². The summed E-state index contributed by atoms with van der Waals surface area (Å²) < 4.78 is 5.70. The molecule has 1 aliphatic carbocycles. The highest BCUT2D eigenvalue weighted by Gasteiger charge is 2.33. The molecule has 3 rings (SSSR count). The Hall–Kier alpha value is -1.62. The minimum absolute atomic E-state index is 0.195. The normalized spacial score (nSPS) is 21.2. The van der Waals surface area contributed by atoms with Gasteiger partial charge in [-0.3, -0.25) is 9.80 Å². The minimum atomic E-state index is -0.502. The number of anilines is 1. The summed E-state index contributed by atoms with van der Waals surface area (Å²) >= 11 is 0. The zero-order valence-electron chi connectivity index (χ0n) is 18.1. The highest BCUT2D eigenvalue weighted by atomic mass is 16.6. The Labute approximate surface area is 170 Å². The van der Waals surface area contributed by atoms with E-state index in [1.54, 1.807) is 4.90 Å². The van der Waals surface area contributed by atoms with Crippen LogP contribution in [0, 0.1) is 0 Å². The number of hydrogen-bond acceptors (Lipinski definition) is 4. The number of unbranched alkanes of at least 4 members (excludes halogenated alkanes) is 1. The van der Waals surface area contributed by atoms with E-state index in [2.05, 4.69) is 17.9 Å². The summed E-state index contributed by atoms with van der Waals surface area (Å²) in [6.07, 6.45) is 11.0. The second kappa shape index (κ2) is 9.25. The second-order valence-electron chi connectivity index (χ2n) is 9.29. The first-order valence-corrected chi connectivity index (χ1v) is 11.1. The number of amides is 1. The van der Waals surface area contributed by atoms with E-state index in [-0.39, 0.29) is 12.1 Å². The van der Waals surface area contributed by atoms with Gasteiger partial charge in [0.15, 0.2) is 0 Å². The summed E-state index contributed by atoms with van der Waals surface area (Å²) in [5.41, 5.74) is 0.769. The Morgan fingerprint density at radius 2 is 1.96 bits per heavy atom. The molecule has 5 nitrogen and oxygen atoms in total. The van der Waals surface area contributed by atoms with Gasteiger partial charge in [0.1, 0.15) is 11.4 Å². The van der Waals surface area contributed by atoms with Crippen LogP contribution in [0.4, 0.5) is 10.6 Å². The standard InChI is InChI=1S/C23H37N3O2/c1-5-6-15-25-16-9-12-20(25)18-13-14-21(24-17-18)26(19-10-7-8-11-19)22(27)28-23(2,3)4/h13-14,17,19-20H,5-12,15-16H2,1-4H3/t20-/m1/s1. The third kappa shape index (κ3) is 5.25. The summed E-state index contributed by atoms with van der Waals surface area (Å²) in [6, 6.07) is 4.85. The van der Waals surface area contributed by atoms with Crippen LogP contribution in [0.15, 0.2) is 18.3 Å². The van der Waals surface area contributed by atoms with Crippen molar-refractivity contribution < 1.29 is 9.53 Å². The number of rotatable bonds is 6. The van der Waals surface area contributed by atoms with E-state index in [9.17, 15) is 4.79 Å². The molecule has 0 spiro atoms. The van der Waals surface area contributed by atoms with Crippen molar-refractivity contribution in [2.24, 2.45) is 0 Å². The van der Waals surface area contributed by atoms with Gasteiger partial charge in [0.2, 0.25) is 0 Å². The molecule has 28 heavy (non-hydrogen) atoms. The lowest BCUT2D eigenvalue weighted by molar-refractivity contribution is 0.0564. The van der Waals surface area contributed by atoms with E-state index in [1.165, 1.54) is 37.8 Å². The number of aromatic nitrogens is 1. The lowest BCUT2D eigenvalue weighted by Crippen LogP contribution is -2.43. The summed E-state index contributed by atoms with van der Waals surface area (Å²) in [5, 5.41) is 0. The van der Waals surface area contributed by atoms with E-state index in [4.69, 9.17) is 9.72 Å². The molecule has 2 heterocycles. The zero-order valence-corrected chi connectivity index (χ0v) is 18.1. The zero-order chi connectivity index (χ0) is 20.1. The van der Waals surface area contributed by atoms with Gasteiger partial charge in [-0.15, -0.1) is 0 Å². The van der Waals surface area contributed by atoms with Gasteiger partial charge in [0, 0.05) is 18.3 Å². The van der Waals surface area contributed by atoms with Crippen molar-refractivity contribution in [1.29, 1.82) is 0 Å². The molecule has 1 amide bonds. The third-order valence-corrected chi connectivity index (χ3v) is 5.84. The van der Waals surface area contributed by atoms with Crippen LogP contribution in [0.3, 0.4) is 0 Å². The largest absolute Gasteiger partial charge is 0.443 e. The van der Waals surface area contributed by atoms with E-state index in [1.807, 2.05) is 33.0 Å². The maximum Gasteiger partial charge on any atom is 0.416 e. The predicted molar refractivity (Wildman–Crippen MR) is 114 cm³/mol. The van der Waals surface area contributed by atoms with Crippen molar-refractivity contribution in [3.05, 3.63) is 23.9 Å². The number of carbonyl (C=O) groups excluding carboxylic acids is 1. The number of nitrogens with zero attached hydrogens (tertiary/aromatic N) is 3. The molecule has 1 atom stereocenters. The third-order valence-electron chi connectivity index (χ3n) is 5.84. The minimum Gasteiger partial charge on any atom is -0.443 e. The van der Waals surface area contributed by atoms with Crippen LogP contribution in [-0.4, -0.2) is 40.7 Å². The van der Waals surface area contributed by atoms with E-state index in [0.717, 1.165) is 38.0 Å². The van der Waals surface area contributed by atoms with Crippen LogP contribution in [-0.2, 0) is 4.74 Å². The molecule has 0 unspecified atom stereocenters. The fourth-order valence-electron chi connectivity index (χ4n) is 4.47. The average Bonchev–Trinajstić information content (AvgIpc) is 3.31. The summed E-state index contributed by atoms with van der Waals surface area (Å²) in [6.45, 7) is 10.3. The van der Waals surface area contributed by atoms with Crippen molar-refractivity contribution >= 4 is 11.9 Å². The molecular formula is C23H37N3O2. The summed E-state index contributed by atoms with van der Waals surface area (Å²) in [4.78, 5) is 22.0. The number of carbonyl (C=O) groups is 1. The highest BCUT2D eigenvalue weighted by Crippen LogP contribution is 2.34. The maximum absolute atomic E-state index is 12.9. The van der Waals surface area contributed by atoms with E-state index >= 15 is 0 Å². The van der Waals surface area contributed by atoms with Crippen LogP contribution in [0.2, 0.25) is 0 Å². The molecule has 0 aromatic carbocycles. The van der Waals surface area contributed by atoms with E-state index in [0.29, 0.717) is 6.04 Å². The monoisotopic (exact) mass is 387 g/mol. The van der Waals surface area contributed by atoms with Crippen LogP contribution in [0.25, 0.3) is 0 Å². The Kier molecular flexibility index (Phi) is 6.97. The Balaban J connectivity index is 1.77. The molecule has 0 radical (unpaired) electrons. The van der Waals surface area contributed by atoms with Crippen LogP contribution < -0.4 is 4.90 Å². The van der Waals surface area contributed by atoms with E-state index < -0.39 is 5.60 Å². The van der Waals surface area contributed by atoms with Crippen molar-refractivity contribution in [2.75, 3.05) is 18.0 Å². The first-order chi connectivity index (χ1) is 13.4. The molecule has 156 valence electrons. The topological polar surface area (TPSA) is 45.7 Å². The quantitative estimate of drug-likeness (QED) is 0.628. The van der Waals surface area contributed by atoms with Gasteiger partial charge in [0.25, 0.3) is 0 Å². The maximum atomic E-state index is 12.9. The predicted octanol–water partition coefficient (Wildman–Crippen LogP) is 5.70. The highest BCUT2D eigenvalue weighted by molar-refractivity contribution is 5.87. The summed E-state index contributed by atoms with van der Waals surface area (Å²) in [7, 11) is 0. The molecule has 1 saturated carbocycles. The number of pyridine rings is 1. The van der Waals surface area contributed by atoms with Gasteiger partial charge in [-0.05, 0) is 77.6 Å². The van der Waals surface area contributed by atoms with Crippen molar-refractivity contribution in [2.45, 2.75) is 96.7 Å². The van der Waals surface area contributed by atoms with Gasteiger partial charge in [-0.25, -0.2) is 9.78 Å². The first-order valence-electron chi connectivity index (χ1n) is 11.1. The fourth-order valence-corrected chi connectivity index (χ4v) is 4.47. The Bertz CT molecular complexity index is 632. The number of likely N-dealkylation sites (tertiary alicyclic amines) is 1.